The lowest BCUT2D eigenvalue weighted by molar-refractivity contribution is -0.132. The van der Waals surface area contributed by atoms with Crippen molar-refractivity contribution in [3.63, 3.8) is 0 Å². The molecule has 1 aromatic heterocycles. The molecule has 1 aliphatic heterocycles. The Morgan fingerprint density at radius 3 is 2.46 bits per heavy atom. The third-order valence-corrected chi connectivity index (χ3v) is 4.82. The van der Waals surface area contributed by atoms with Crippen molar-refractivity contribution >= 4 is 11.9 Å². The van der Waals surface area contributed by atoms with Crippen LogP contribution in [0, 0.1) is 5.82 Å². The average molecular weight is 380 g/mol. The van der Waals surface area contributed by atoms with Crippen molar-refractivity contribution in [2.45, 2.75) is 25.4 Å². The highest BCUT2D eigenvalue weighted by Gasteiger charge is 2.51. The summed E-state index contributed by atoms with van der Waals surface area (Å²) in [4.78, 5) is 26.7. The fraction of sp³-hybridized carbons (Fsp3) is 0.200. The molecular weight excluding hydrogens is 363 g/mol. The van der Waals surface area contributed by atoms with E-state index < -0.39 is 11.6 Å². The number of halogens is 1. The molecule has 0 saturated carbocycles. The molecule has 0 spiro atoms. The van der Waals surface area contributed by atoms with Crippen LogP contribution in [0.25, 0.3) is 11.5 Å². The van der Waals surface area contributed by atoms with Crippen LogP contribution in [0.5, 0.6) is 0 Å². The number of nitrogens with one attached hydrogen (secondary N) is 1. The first-order valence-corrected chi connectivity index (χ1v) is 8.81. The molecule has 7 nitrogen and oxygen atoms in total. The maximum Gasteiger partial charge on any atom is 0.325 e. The van der Waals surface area contributed by atoms with Gasteiger partial charge in [-0.25, -0.2) is 9.18 Å². The number of aromatic nitrogens is 2. The number of amides is 3. The number of carbonyl (C=O) groups is 2. The standard InChI is InChI=1S/C20H17FN4O3/c1-2-20(14-6-4-3-5-7-14)18(26)25(19(27)22-20)12-16-23-24-17(28-16)13-8-10-15(21)11-9-13/h3-11H,2,12H2,1H3,(H,22,27). The van der Waals surface area contributed by atoms with Gasteiger partial charge in [-0.1, -0.05) is 37.3 Å². The van der Waals surface area contributed by atoms with Crippen LogP contribution < -0.4 is 5.32 Å². The third kappa shape index (κ3) is 2.92. The average Bonchev–Trinajstić information content (AvgIpc) is 3.28. The zero-order valence-corrected chi connectivity index (χ0v) is 15.1. The molecule has 0 radical (unpaired) electrons. The van der Waals surface area contributed by atoms with Gasteiger partial charge in [0.05, 0.1) is 0 Å². The molecule has 28 heavy (non-hydrogen) atoms. The molecule has 1 atom stereocenters. The van der Waals surface area contributed by atoms with Crippen LogP contribution >= 0.6 is 0 Å². The number of carbonyl (C=O) groups excluding carboxylic acids is 2. The molecule has 0 aliphatic carbocycles. The molecule has 1 fully saturated rings. The minimum atomic E-state index is -1.11. The molecule has 3 amide bonds. The summed E-state index contributed by atoms with van der Waals surface area (Å²) in [6.45, 7) is 1.70. The van der Waals surface area contributed by atoms with E-state index >= 15 is 0 Å². The molecule has 1 N–H and O–H groups in total. The van der Waals surface area contributed by atoms with Gasteiger partial charge in [-0.05, 0) is 36.2 Å². The quantitative estimate of drug-likeness (QED) is 0.687. The summed E-state index contributed by atoms with van der Waals surface area (Å²) < 4.78 is 18.6. The van der Waals surface area contributed by atoms with Gasteiger partial charge in [-0.15, -0.1) is 10.2 Å². The van der Waals surface area contributed by atoms with Crippen LogP contribution in [0.15, 0.2) is 59.0 Å². The fourth-order valence-electron chi connectivity index (χ4n) is 3.29. The van der Waals surface area contributed by atoms with Gasteiger partial charge in [-0.3, -0.25) is 9.69 Å². The first-order chi connectivity index (χ1) is 13.5. The van der Waals surface area contributed by atoms with E-state index in [0.717, 1.165) is 10.5 Å². The Hall–Kier alpha value is -3.55. The molecule has 142 valence electrons. The molecule has 3 aromatic rings. The summed E-state index contributed by atoms with van der Waals surface area (Å²) in [7, 11) is 0. The van der Waals surface area contributed by atoms with E-state index in [2.05, 4.69) is 15.5 Å². The molecule has 0 bridgehead atoms. The van der Waals surface area contributed by atoms with Gasteiger partial charge in [0.2, 0.25) is 11.8 Å². The Labute approximate surface area is 160 Å². The maximum absolute atomic E-state index is 13.1. The number of urea groups is 1. The highest BCUT2D eigenvalue weighted by atomic mass is 19.1. The zero-order chi connectivity index (χ0) is 19.7. The summed E-state index contributed by atoms with van der Waals surface area (Å²) in [5.41, 5.74) is 0.151. The SMILES string of the molecule is CCC1(c2ccccc2)NC(=O)N(Cc2nnc(-c3ccc(F)cc3)o2)C1=O. The van der Waals surface area contributed by atoms with Gasteiger partial charge in [0.15, 0.2) is 0 Å². The predicted octanol–water partition coefficient (Wildman–Crippen LogP) is 3.23. The Morgan fingerprint density at radius 1 is 1.07 bits per heavy atom. The molecule has 1 saturated heterocycles. The smallest absolute Gasteiger partial charge is 0.325 e. The van der Waals surface area contributed by atoms with Gasteiger partial charge in [0.1, 0.15) is 17.9 Å². The van der Waals surface area contributed by atoms with Gasteiger partial charge in [-0.2, -0.15) is 0 Å². The van der Waals surface area contributed by atoms with Crippen LogP contribution in [0.3, 0.4) is 0 Å². The number of nitrogens with zero attached hydrogens (tertiary/aromatic N) is 3. The summed E-state index contributed by atoms with van der Waals surface area (Å²) in [6, 6.07) is 14.2. The van der Waals surface area contributed by atoms with Gasteiger partial charge < -0.3 is 9.73 Å². The largest absolute Gasteiger partial charge is 0.419 e. The second kappa shape index (κ2) is 6.88. The van der Waals surface area contributed by atoms with E-state index in [1.165, 1.54) is 24.3 Å². The number of rotatable bonds is 5. The first kappa shape index (κ1) is 17.8. The molecule has 4 rings (SSSR count). The molecule has 1 aliphatic rings. The van der Waals surface area contributed by atoms with Gasteiger partial charge in [0, 0.05) is 5.56 Å². The molecule has 2 heterocycles. The minimum absolute atomic E-state index is 0.114. The third-order valence-electron chi connectivity index (χ3n) is 4.82. The Bertz CT molecular complexity index is 1020. The van der Waals surface area contributed by atoms with Crippen molar-refractivity contribution < 1.29 is 18.4 Å². The van der Waals surface area contributed by atoms with Crippen molar-refractivity contribution in [1.29, 1.82) is 0 Å². The molecule has 8 heteroatoms. The second-order valence-electron chi connectivity index (χ2n) is 6.45. The normalized spacial score (nSPS) is 19.1. The van der Waals surface area contributed by atoms with Crippen LogP contribution in [0.1, 0.15) is 24.8 Å². The van der Waals surface area contributed by atoms with Gasteiger partial charge in [0.25, 0.3) is 5.91 Å². The highest BCUT2D eigenvalue weighted by Crippen LogP contribution is 2.33. The lowest BCUT2D eigenvalue weighted by atomic mass is 9.87. The Morgan fingerprint density at radius 2 is 1.79 bits per heavy atom. The van der Waals surface area contributed by atoms with Gasteiger partial charge >= 0.3 is 6.03 Å². The topological polar surface area (TPSA) is 88.3 Å². The van der Waals surface area contributed by atoms with E-state index in [1.54, 1.807) is 0 Å². The van der Waals surface area contributed by atoms with E-state index in [0.29, 0.717) is 12.0 Å². The van der Waals surface area contributed by atoms with Crippen molar-refractivity contribution in [3.05, 3.63) is 71.9 Å². The van der Waals surface area contributed by atoms with Crippen LogP contribution in [-0.2, 0) is 16.9 Å². The van der Waals surface area contributed by atoms with E-state index in [-0.39, 0.29) is 30.1 Å². The lowest BCUT2D eigenvalue weighted by Gasteiger charge is -2.25. The zero-order valence-electron chi connectivity index (χ0n) is 15.1. The maximum atomic E-state index is 13.1. The lowest BCUT2D eigenvalue weighted by Crippen LogP contribution is -2.43. The number of hydrogen-bond donors (Lipinski definition) is 1. The second-order valence-corrected chi connectivity index (χ2v) is 6.45. The molecule has 1 unspecified atom stereocenters. The summed E-state index contributed by atoms with van der Waals surface area (Å²) in [5, 5.41) is 10.6. The number of imide groups is 1. The highest BCUT2D eigenvalue weighted by molar-refractivity contribution is 6.07. The molecule has 2 aromatic carbocycles. The number of benzene rings is 2. The minimum Gasteiger partial charge on any atom is -0.419 e. The number of hydrogen-bond acceptors (Lipinski definition) is 5. The van der Waals surface area contributed by atoms with Crippen molar-refractivity contribution in [2.75, 3.05) is 0 Å². The van der Waals surface area contributed by atoms with Crippen molar-refractivity contribution in [2.24, 2.45) is 0 Å². The summed E-state index contributed by atoms with van der Waals surface area (Å²) >= 11 is 0. The van der Waals surface area contributed by atoms with Crippen LogP contribution in [0.2, 0.25) is 0 Å². The van der Waals surface area contributed by atoms with E-state index in [9.17, 15) is 14.0 Å². The van der Waals surface area contributed by atoms with Crippen molar-refractivity contribution in [3.8, 4) is 11.5 Å². The Kier molecular flexibility index (Phi) is 4.38. The predicted molar refractivity (Wildman–Crippen MR) is 97.2 cm³/mol. The molecular formula is C20H17FN4O3. The summed E-state index contributed by atoms with van der Waals surface area (Å²) in [5.74, 6) is -0.443. The summed E-state index contributed by atoms with van der Waals surface area (Å²) in [6.07, 6.45) is 0.406. The van der Waals surface area contributed by atoms with Crippen molar-refractivity contribution in [1.82, 2.24) is 20.4 Å². The Balaban J connectivity index is 1.58. The fourth-order valence-corrected chi connectivity index (χ4v) is 3.29. The first-order valence-electron chi connectivity index (χ1n) is 8.81. The van der Waals surface area contributed by atoms with E-state index in [4.69, 9.17) is 4.42 Å². The van der Waals surface area contributed by atoms with Crippen LogP contribution in [0.4, 0.5) is 9.18 Å². The monoisotopic (exact) mass is 380 g/mol. The van der Waals surface area contributed by atoms with E-state index in [1.807, 2.05) is 37.3 Å². The van der Waals surface area contributed by atoms with Crippen LogP contribution in [-0.4, -0.2) is 27.0 Å².